The van der Waals surface area contributed by atoms with Gasteiger partial charge in [-0.3, -0.25) is 10.4 Å². The average molecular weight is 218 g/mol. The van der Waals surface area contributed by atoms with Crippen LogP contribution < -0.4 is 0 Å². The zero-order valence-electron chi connectivity index (χ0n) is 9.41. The first kappa shape index (κ1) is 11.9. The third kappa shape index (κ3) is 3.49. The van der Waals surface area contributed by atoms with Crippen LogP contribution in [0.3, 0.4) is 0 Å². The maximum atomic E-state index is 9.09. The molecule has 0 amide bonds. The topological polar surface area (TPSA) is 64.9 Å². The predicted molar refractivity (Wildman–Crippen MR) is 51.9 cm³/mol. The van der Waals surface area contributed by atoms with E-state index in [1.54, 1.807) is 13.8 Å². The summed E-state index contributed by atoms with van der Waals surface area (Å²) in [6.07, 6.45) is 2.09. The minimum atomic E-state index is -0.728. The second-order valence-corrected chi connectivity index (χ2v) is 4.01. The fraction of sp³-hybridized carbons (Fsp3) is 0.778. The van der Waals surface area contributed by atoms with Gasteiger partial charge in [-0.1, -0.05) is 0 Å². The first-order valence-electron chi connectivity index (χ1n) is 4.69. The van der Waals surface area contributed by atoms with Crippen molar-refractivity contribution in [3.05, 3.63) is 0 Å². The van der Waals surface area contributed by atoms with E-state index in [1.807, 2.05) is 0 Å². The van der Waals surface area contributed by atoms with Crippen LogP contribution in [-0.2, 0) is 9.47 Å². The summed E-state index contributed by atoms with van der Waals surface area (Å²) in [7, 11) is 2.96. The maximum absolute atomic E-state index is 9.09. The molecule has 1 saturated heterocycles. The fourth-order valence-corrected chi connectivity index (χ4v) is 1.47. The Labute approximate surface area is 88.6 Å². The van der Waals surface area contributed by atoms with Crippen LogP contribution in [0.4, 0.5) is 0 Å². The number of nitrogens with zero attached hydrogens (tertiary/aromatic N) is 2. The van der Waals surface area contributed by atoms with Gasteiger partial charge in [-0.15, -0.1) is 0 Å². The van der Waals surface area contributed by atoms with Crippen LogP contribution in [0.25, 0.3) is 0 Å². The molecule has 0 aliphatic carbocycles. The molecule has 2 atom stereocenters. The normalized spacial score (nSPS) is 32.0. The van der Waals surface area contributed by atoms with Crippen LogP contribution in [0.5, 0.6) is 0 Å². The number of hydrogen-bond donors (Lipinski definition) is 2. The average Bonchev–Trinajstić information content (AvgIpc) is 2.22. The second-order valence-electron chi connectivity index (χ2n) is 4.01. The Kier molecular flexibility index (Phi) is 3.31. The molecule has 0 aromatic heterocycles. The molecule has 2 N–H and O–H groups in total. The van der Waals surface area contributed by atoms with Crippen LogP contribution >= 0.6 is 0 Å². The summed E-state index contributed by atoms with van der Waals surface area (Å²) in [5.41, 5.74) is 0. The molecule has 0 radical (unpaired) electrons. The smallest absolute Gasteiger partial charge is 0.224 e. The minimum absolute atomic E-state index is 0.426. The third-order valence-corrected chi connectivity index (χ3v) is 1.89. The fourth-order valence-electron chi connectivity index (χ4n) is 1.47. The Morgan fingerprint density at radius 2 is 1.33 bits per heavy atom. The van der Waals surface area contributed by atoms with Crippen LogP contribution in [0.2, 0.25) is 0 Å². The van der Waals surface area contributed by atoms with Gasteiger partial charge < -0.3 is 9.47 Å². The van der Waals surface area contributed by atoms with Gasteiger partial charge in [0.2, 0.25) is 12.4 Å². The van der Waals surface area contributed by atoms with Crippen molar-refractivity contribution >= 4 is 12.4 Å². The lowest BCUT2D eigenvalue weighted by molar-refractivity contribution is -0.753. The van der Waals surface area contributed by atoms with E-state index < -0.39 is 18.0 Å². The van der Waals surface area contributed by atoms with Crippen molar-refractivity contribution in [2.45, 2.75) is 31.8 Å². The number of ether oxygens (including phenoxy) is 2. The lowest BCUT2D eigenvalue weighted by atomic mass is 10.2. The first-order chi connectivity index (χ1) is 6.80. The van der Waals surface area contributed by atoms with E-state index in [0.29, 0.717) is 0 Å². The van der Waals surface area contributed by atoms with Gasteiger partial charge in [-0.25, -0.2) is 0 Å². The van der Waals surface area contributed by atoms with Crippen molar-refractivity contribution in [2.75, 3.05) is 14.1 Å². The molecule has 6 nitrogen and oxygen atoms in total. The molecule has 86 valence electrons. The lowest BCUT2D eigenvalue weighted by Gasteiger charge is -2.14. The van der Waals surface area contributed by atoms with E-state index in [1.165, 1.54) is 26.5 Å². The number of hydroxylamine groups is 2. The van der Waals surface area contributed by atoms with Gasteiger partial charge in [0, 0.05) is 0 Å². The molecule has 0 spiro atoms. The summed E-state index contributed by atoms with van der Waals surface area (Å²) in [6, 6.07) is 0. The summed E-state index contributed by atoms with van der Waals surface area (Å²) < 4.78 is 12.9. The van der Waals surface area contributed by atoms with Gasteiger partial charge >= 0.3 is 0 Å². The zero-order chi connectivity index (χ0) is 11.6. The SMILES string of the molecule is C/[N+](O)=C/C1OC(C)(C)OC1/C=[N+](/C)O. The second kappa shape index (κ2) is 4.16. The zero-order valence-corrected chi connectivity index (χ0v) is 9.41. The van der Waals surface area contributed by atoms with Crippen LogP contribution in [0.15, 0.2) is 0 Å². The van der Waals surface area contributed by atoms with Crippen molar-refractivity contribution in [1.82, 2.24) is 0 Å². The van der Waals surface area contributed by atoms with E-state index in [2.05, 4.69) is 0 Å². The third-order valence-electron chi connectivity index (χ3n) is 1.89. The van der Waals surface area contributed by atoms with Crippen molar-refractivity contribution in [1.29, 1.82) is 0 Å². The van der Waals surface area contributed by atoms with Gasteiger partial charge in [-0.05, 0) is 23.3 Å². The monoisotopic (exact) mass is 218 g/mol. The summed E-state index contributed by atoms with van der Waals surface area (Å²) in [5.74, 6) is -0.728. The quantitative estimate of drug-likeness (QED) is 0.289. The Morgan fingerprint density at radius 1 is 1.00 bits per heavy atom. The highest BCUT2D eigenvalue weighted by Gasteiger charge is 2.44. The summed E-state index contributed by atoms with van der Waals surface area (Å²) in [4.78, 5) is 0. The molecule has 1 aliphatic rings. The van der Waals surface area contributed by atoms with E-state index in [0.717, 1.165) is 9.48 Å². The highest BCUT2D eigenvalue weighted by atomic mass is 16.8. The molecule has 0 aromatic rings. The van der Waals surface area contributed by atoms with Gasteiger partial charge in [0.1, 0.15) is 0 Å². The van der Waals surface area contributed by atoms with E-state index >= 15 is 0 Å². The lowest BCUT2D eigenvalue weighted by Crippen LogP contribution is -2.31. The highest BCUT2D eigenvalue weighted by molar-refractivity contribution is 5.70. The molecule has 1 fully saturated rings. The van der Waals surface area contributed by atoms with Gasteiger partial charge in [0.25, 0.3) is 0 Å². The van der Waals surface area contributed by atoms with Gasteiger partial charge in [0.15, 0.2) is 32.1 Å². The molecular formula is C9H18N2O4+2. The van der Waals surface area contributed by atoms with Crippen molar-refractivity contribution in [3.8, 4) is 0 Å². The summed E-state index contributed by atoms with van der Waals surface area (Å²) in [6.45, 7) is 3.55. The molecule has 2 unspecified atom stereocenters. The van der Waals surface area contributed by atoms with Crippen molar-refractivity contribution in [3.63, 3.8) is 0 Å². The van der Waals surface area contributed by atoms with Gasteiger partial charge in [0.05, 0.1) is 0 Å². The molecule has 0 saturated carbocycles. The maximum Gasteiger partial charge on any atom is 0.224 e. The number of rotatable bonds is 2. The molecule has 1 heterocycles. The largest absolute Gasteiger partial charge is 0.333 e. The van der Waals surface area contributed by atoms with Crippen molar-refractivity contribution < 1.29 is 29.4 Å². The van der Waals surface area contributed by atoms with E-state index in [9.17, 15) is 0 Å². The molecule has 0 bridgehead atoms. The molecule has 6 heteroatoms. The first-order valence-corrected chi connectivity index (χ1v) is 4.69. The Morgan fingerprint density at radius 3 is 1.60 bits per heavy atom. The highest BCUT2D eigenvalue weighted by Crippen LogP contribution is 2.26. The Balaban J connectivity index is 2.84. The standard InChI is InChI=1S/C9H18N2O4/c1-9(2)14-7(5-10(3)12)8(15-9)6-11(4)13/h5-8,12-13H,1-4H3/q+2/b10-5-,11-6-. The Hall–Kier alpha value is -1.14. The molecule has 15 heavy (non-hydrogen) atoms. The van der Waals surface area contributed by atoms with Crippen LogP contribution in [0, 0.1) is 0 Å². The summed E-state index contributed by atoms with van der Waals surface area (Å²) >= 11 is 0. The molecule has 1 aliphatic heterocycles. The molecule has 1 rings (SSSR count). The van der Waals surface area contributed by atoms with Crippen LogP contribution in [-0.4, -0.2) is 64.4 Å². The van der Waals surface area contributed by atoms with Crippen LogP contribution in [0.1, 0.15) is 13.8 Å². The van der Waals surface area contributed by atoms with Gasteiger partial charge in [-0.2, -0.15) is 0 Å². The van der Waals surface area contributed by atoms with E-state index in [-0.39, 0.29) is 0 Å². The minimum Gasteiger partial charge on any atom is -0.333 e. The van der Waals surface area contributed by atoms with E-state index in [4.69, 9.17) is 19.9 Å². The predicted octanol–water partition coefficient (Wildman–Crippen LogP) is -0.289. The van der Waals surface area contributed by atoms with Crippen molar-refractivity contribution in [2.24, 2.45) is 0 Å². The molecular weight excluding hydrogens is 200 g/mol. The molecule has 0 aromatic carbocycles. The Bertz CT molecular complexity index is 262. The number of hydrogen-bond acceptors (Lipinski definition) is 4. The summed E-state index contributed by atoms with van der Waals surface area (Å²) in [5, 5.41) is 18.2.